The van der Waals surface area contributed by atoms with E-state index in [1.807, 2.05) is 20.8 Å². The minimum Gasteiger partial charge on any atom is -0.484 e. The number of benzene rings is 2. The van der Waals surface area contributed by atoms with Crippen LogP contribution in [0.2, 0.25) is 0 Å². The van der Waals surface area contributed by atoms with Crippen LogP contribution in [0.1, 0.15) is 20.8 Å². The van der Waals surface area contributed by atoms with Gasteiger partial charge in [-0.15, -0.1) is 0 Å². The molecule has 0 fully saturated rings. The van der Waals surface area contributed by atoms with E-state index in [4.69, 9.17) is 4.74 Å². The number of rotatable bonds is 7. The zero-order valence-corrected chi connectivity index (χ0v) is 17.6. The Morgan fingerprint density at radius 2 is 1.66 bits per heavy atom. The summed E-state index contributed by atoms with van der Waals surface area (Å²) in [5.41, 5.74) is 0.733. The molecule has 0 aromatic heterocycles. The van der Waals surface area contributed by atoms with E-state index in [1.165, 1.54) is 12.1 Å². The van der Waals surface area contributed by atoms with Crippen molar-refractivity contribution < 1.29 is 23.1 Å². The summed E-state index contributed by atoms with van der Waals surface area (Å²) in [5, 5.41) is 2.64. The maximum absolute atomic E-state index is 12.3. The van der Waals surface area contributed by atoms with E-state index in [0.29, 0.717) is 28.1 Å². The number of nitrogens with zero attached hydrogens (tertiary/aromatic N) is 1. The van der Waals surface area contributed by atoms with E-state index in [9.17, 15) is 18.4 Å². The van der Waals surface area contributed by atoms with Gasteiger partial charge < -0.3 is 15.0 Å². The summed E-state index contributed by atoms with van der Waals surface area (Å²) < 4.78 is 30.1. The first kappa shape index (κ1) is 22.7. The Morgan fingerprint density at radius 3 is 2.17 bits per heavy atom. The Balaban J connectivity index is 1.86. The van der Waals surface area contributed by atoms with Gasteiger partial charge in [0.25, 0.3) is 11.7 Å². The molecule has 0 atom stereocenters. The van der Waals surface area contributed by atoms with Crippen LogP contribution in [0.5, 0.6) is 5.75 Å². The molecular weight excluding hydrogens is 398 g/mol. The number of anilines is 2. The number of nitrogens with one attached hydrogen (secondary N) is 1. The summed E-state index contributed by atoms with van der Waals surface area (Å²) in [5.74, 6) is -2.38. The highest BCUT2D eigenvalue weighted by atomic mass is 32.2. The van der Waals surface area contributed by atoms with Gasteiger partial charge in [-0.3, -0.25) is 9.59 Å². The van der Waals surface area contributed by atoms with E-state index in [1.54, 1.807) is 48.3 Å². The fourth-order valence-corrected chi connectivity index (χ4v) is 2.95. The number of hydrogen-bond acceptors (Lipinski definition) is 4. The quantitative estimate of drug-likeness (QED) is 0.636. The van der Waals surface area contributed by atoms with Crippen molar-refractivity contribution in [2.24, 2.45) is 5.41 Å². The molecule has 0 heterocycles. The van der Waals surface area contributed by atoms with Crippen molar-refractivity contribution >= 4 is 35.0 Å². The molecule has 2 aromatic rings. The lowest BCUT2D eigenvalue weighted by Gasteiger charge is -2.26. The number of hydrogen-bond donors (Lipinski definition) is 1. The molecule has 29 heavy (non-hydrogen) atoms. The van der Waals surface area contributed by atoms with Gasteiger partial charge in [0.15, 0.2) is 6.61 Å². The number of carbonyl (C=O) groups is 2. The summed E-state index contributed by atoms with van der Waals surface area (Å²) in [4.78, 5) is 26.3. The molecule has 8 heteroatoms. The molecule has 0 bridgehead atoms. The van der Waals surface area contributed by atoms with Gasteiger partial charge in [-0.05, 0) is 48.5 Å². The predicted octanol–water partition coefficient (Wildman–Crippen LogP) is 5.03. The largest absolute Gasteiger partial charge is 0.484 e. The molecule has 1 N–H and O–H groups in total. The molecule has 0 aliphatic heterocycles. The van der Waals surface area contributed by atoms with E-state index >= 15 is 0 Å². The first-order valence-corrected chi connectivity index (χ1v) is 9.80. The third-order valence-corrected chi connectivity index (χ3v) is 4.63. The van der Waals surface area contributed by atoms with E-state index in [-0.39, 0.29) is 18.4 Å². The highest BCUT2D eigenvalue weighted by Gasteiger charge is 2.25. The zero-order chi connectivity index (χ0) is 21.6. The van der Waals surface area contributed by atoms with Crippen LogP contribution in [0.15, 0.2) is 53.4 Å². The molecule has 0 saturated heterocycles. The Hall–Kier alpha value is -2.61. The SMILES string of the molecule is CN(C(=O)C(C)(C)C)c1ccc(OCC(=O)Nc2ccc(SC(F)F)cc2)cc1. The van der Waals surface area contributed by atoms with Crippen molar-refractivity contribution in [3.8, 4) is 5.75 Å². The van der Waals surface area contributed by atoms with Gasteiger partial charge in [0.05, 0.1) is 0 Å². The summed E-state index contributed by atoms with van der Waals surface area (Å²) >= 11 is 0.444. The topological polar surface area (TPSA) is 58.6 Å². The van der Waals surface area contributed by atoms with E-state index in [2.05, 4.69) is 5.32 Å². The molecule has 0 aliphatic rings. The van der Waals surface area contributed by atoms with Crippen LogP contribution in [0.4, 0.5) is 20.2 Å². The van der Waals surface area contributed by atoms with Gasteiger partial charge >= 0.3 is 0 Å². The number of amides is 2. The van der Waals surface area contributed by atoms with E-state index in [0.717, 1.165) is 5.69 Å². The second-order valence-electron chi connectivity index (χ2n) is 7.35. The summed E-state index contributed by atoms with van der Waals surface area (Å²) in [6.45, 7) is 5.36. The van der Waals surface area contributed by atoms with Crippen molar-refractivity contribution in [1.29, 1.82) is 0 Å². The minimum absolute atomic E-state index is 0.0106. The lowest BCUT2D eigenvalue weighted by molar-refractivity contribution is -0.125. The molecule has 0 spiro atoms. The fraction of sp³-hybridized carbons (Fsp3) is 0.333. The summed E-state index contributed by atoms with van der Waals surface area (Å²) in [6, 6.07) is 13.0. The second-order valence-corrected chi connectivity index (χ2v) is 8.41. The van der Waals surface area contributed by atoms with Crippen molar-refractivity contribution in [2.75, 3.05) is 23.9 Å². The molecule has 0 aliphatic carbocycles. The average molecular weight is 422 g/mol. The number of ether oxygens (including phenoxy) is 1. The van der Waals surface area contributed by atoms with Crippen LogP contribution < -0.4 is 15.0 Å². The molecule has 0 unspecified atom stereocenters. The number of thioether (sulfide) groups is 1. The lowest BCUT2D eigenvalue weighted by atomic mass is 9.95. The number of halogens is 2. The smallest absolute Gasteiger partial charge is 0.288 e. The van der Waals surface area contributed by atoms with Crippen LogP contribution in [0.3, 0.4) is 0 Å². The minimum atomic E-state index is -2.48. The number of alkyl halides is 2. The maximum Gasteiger partial charge on any atom is 0.288 e. The normalized spacial score (nSPS) is 11.3. The van der Waals surface area contributed by atoms with Gasteiger partial charge in [0, 0.05) is 28.7 Å². The van der Waals surface area contributed by atoms with Crippen molar-refractivity contribution in [2.45, 2.75) is 31.4 Å². The molecular formula is C21H24F2N2O3S. The Kier molecular flexibility index (Phi) is 7.61. The van der Waals surface area contributed by atoms with Gasteiger partial charge in [-0.1, -0.05) is 32.5 Å². The third-order valence-electron chi connectivity index (χ3n) is 3.90. The lowest BCUT2D eigenvalue weighted by Crippen LogP contribution is -2.36. The highest BCUT2D eigenvalue weighted by molar-refractivity contribution is 7.99. The summed E-state index contributed by atoms with van der Waals surface area (Å²) in [7, 11) is 1.71. The second kappa shape index (κ2) is 9.73. The molecule has 5 nitrogen and oxygen atoms in total. The van der Waals surface area contributed by atoms with Crippen molar-refractivity contribution in [3.63, 3.8) is 0 Å². The van der Waals surface area contributed by atoms with Crippen LogP contribution >= 0.6 is 11.8 Å². The maximum atomic E-state index is 12.3. The molecule has 2 aromatic carbocycles. The van der Waals surface area contributed by atoms with Gasteiger partial charge in [-0.25, -0.2) is 0 Å². The molecule has 2 amide bonds. The van der Waals surface area contributed by atoms with Crippen LogP contribution in [-0.4, -0.2) is 31.2 Å². The van der Waals surface area contributed by atoms with Crippen molar-refractivity contribution in [1.82, 2.24) is 0 Å². The molecule has 2 rings (SSSR count). The Morgan fingerprint density at radius 1 is 1.07 bits per heavy atom. The highest BCUT2D eigenvalue weighted by Crippen LogP contribution is 2.26. The van der Waals surface area contributed by atoms with Crippen LogP contribution in [0.25, 0.3) is 0 Å². The third kappa shape index (κ3) is 7.05. The molecule has 0 saturated carbocycles. The van der Waals surface area contributed by atoms with Crippen LogP contribution in [-0.2, 0) is 9.59 Å². The van der Waals surface area contributed by atoms with Gasteiger partial charge in [0.1, 0.15) is 5.75 Å². The van der Waals surface area contributed by atoms with Gasteiger partial charge in [0.2, 0.25) is 5.91 Å². The standard InChI is InChI=1S/C21H24F2N2O3S/c1-21(2,3)19(27)25(4)15-7-9-16(10-8-15)28-13-18(26)24-14-5-11-17(12-6-14)29-20(22)23/h5-12,20H,13H2,1-4H3,(H,24,26). The first-order valence-electron chi connectivity index (χ1n) is 8.92. The zero-order valence-electron chi connectivity index (χ0n) is 16.7. The number of carbonyl (C=O) groups excluding carboxylic acids is 2. The molecule has 156 valence electrons. The average Bonchev–Trinajstić information content (AvgIpc) is 2.66. The fourth-order valence-electron chi connectivity index (χ4n) is 2.45. The van der Waals surface area contributed by atoms with Gasteiger partial charge in [-0.2, -0.15) is 8.78 Å². The Labute approximate surface area is 173 Å². The van der Waals surface area contributed by atoms with Crippen LogP contribution in [0, 0.1) is 5.41 Å². The predicted molar refractivity (Wildman–Crippen MR) is 112 cm³/mol. The molecule has 0 radical (unpaired) electrons. The monoisotopic (exact) mass is 422 g/mol. The summed E-state index contributed by atoms with van der Waals surface area (Å²) in [6.07, 6.45) is 0. The Bertz CT molecular complexity index is 834. The van der Waals surface area contributed by atoms with Crippen molar-refractivity contribution in [3.05, 3.63) is 48.5 Å². The van der Waals surface area contributed by atoms with E-state index < -0.39 is 11.2 Å². The first-order chi connectivity index (χ1) is 13.6.